The van der Waals surface area contributed by atoms with Crippen molar-refractivity contribution in [3.05, 3.63) is 47.0 Å². The van der Waals surface area contributed by atoms with Crippen LogP contribution < -0.4 is 0 Å². The standard InChI is InChI=1S/C31H40O12/c1-15-19(34)12-31(39)26(42-27(38)18-9-7-6-8-10-18)24-29(13-40-16(2)32,25(37)23(36)22(15)28(31,4)5)20(35)11-21-30(24,14-41-21)43-17(3)33/h6-10,19-21,23-26,34-37,39H,11-14H2,1-5H3/t19-,20-,21-,23+,24-,25+,26+,29-,30-,31+/m0/s1. The molecule has 1 aromatic rings. The number of carbonyl (C=O) groups excluding carboxylic acids is 3. The van der Waals surface area contributed by atoms with Crippen LogP contribution in [0.3, 0.4) is 0 Å². The number of hydrogen-bond donors (Lipinski definition) is 5. The molecule has 43 heavy (non-hydrogen) atoms. The zero-order valence-electron chi connectivity index (χ0n) is 24.9. The zero-order valence-corrected chi connectivity index (χ0v) is 24.9. The molecule has 12 nitrogen and oxygen atoms in total. The molecule has 0 unspecified atom stereocenters. The summed E-state index contributed by atoms with van der Waals surface area (Å²) in [6.07, 6.45) is -9.82. The molecule has 1 saturated heterocycles. The highest BCUT2D eigenvalue weighted by atomic mass is 16.6. The van der Waals surface area contributed by atoms with Crippen molar-refractivity contribution in [3.63, 3.8) is 0 Å². The number of aliphatic hydroxyl groups excluding tert-OH is 4. The highest BCUT2D eigenvalue weighted by molar-refractivity contribution is 5.89. The lowest BCUT2D eigenvalue weighted by molar-refractivity contribution is -0.371. The van der Waals surface area contributed by atoms with Crippen LogP contribution in [-0.4, -0.2) is 104 Å². The van der Waals surface area contributed by atoms with Gasteiger partial charge in [0.15, 0.2) is 5.60 Å². The van der Waals surface area contributed by atoms with Gasteiger partial charge in [-0.05, 0) is 30.2 Å². The van der Waals surface area contributed by atoms with Crippen LogP contribution in [0.2, 0.25) is 0 Å². The molecular weight excluding hydrogens is 564 g/mol. The van der Waals surface area contributed by atoms with Gasteiger partial charge in [-0.25, -0.2) is 4.79 Å². The Bertz CT molecular complexity index is 1330. The van der Waals surface area contributed by atoms with Gasteiger partial charge in [0.05, 0.1) is 41.8 Å². The summed E-state index contributed by atoms with van der Waals surface area (Å²) in [6, 6.07) is 7.94. The van der Waals surface area contributed by atoms with E-state index in [1.807, 2.05) is 0 Å². The molecule has 0 spiro atoms. The van der Waals surface area contributed by atoms with E-state index in [4.69, 9.17) is 18.9 Å². The SMILES string of the molecule is CC(=O)OC[C@@]12[C@H](O)[C@H](O)C3=C(C)[C@@H](O)C[C@@](O)([C@H](OC(=O)c4ccccc4)[C@@H]1[C@]1(OC(C)=O)CO[C@H]1C[C@@H]2O)C3(C)C. The minimum Gasteiger partial charge on any atom is -0.465 e. The third kappa shape index (κ3) is 4.45. The van der Waals surface area contributed by atoms with Crippen LogP contribution in [0.4, 0.5) is 0 Å². The third-order valence-corrected chi connectivity index (χ3v) is 10.4. The molecule has 0 radical (unpaired) electrons. The molecule has 236 valence electrons. The molecule has 10 atom stereocenters. The van der Waals surface area contributed by atoms with Crippen LogP contribution in [0.25, 0.3) is 0 Å². The van der Waals surface area contributed by atoms with Gasteiger partial charge >= 0.3 is 17.9 Å². The fraction of sp³-hybridized carbons (Fsp3) is 0.645. The average molecular weight is 605 g/mol. The molecule has 1 aliphatic heterocycles. The number of fused-ring (bicyclic) bond motifs is 5. The van der Waals surface area contributed by atoms with Crippen LogP contribution in [0.15, 0.2) is 41.5 Å². The molecule has 0 aromatic heterocycles. The molecule has 1 heterocycles. The van der Waals surface area contributed by atoms with Gasteiger partial charge in [0.1, 0.15) is 30.5 Å². The Kier molecular flexibility index (Phi) is 7.81. The van der Waals surface area contributed by atoms with Crippen LogP contribution in [0, 0.1) is 16.7 Å². The number of esters is 3. The van der Waals surface area contributed by atoms with Gasteiger partial charge in [0, 0.05) is 32.1 Å². The first-order valence-corrected chi connectivity index (χ1v) is 14.4. The second-order valence-electron chi connectivity index (χ2n) is 12.9. The summed E-state index contributed by atoms with van der Waals surface area (Å²) in [7, 11) is 0. The summed E-state index contributed by atoms with van der Waals surface area (Å²) < 4.78 is 23.3. The minimum absolute atomic E-state index is 0.0865. The van der Waals surface area contributed by atoms with Crippen LogP contribution >= 0.6 is 0 Å². The summed E-state index contributed by atoms with van der Waals surface area (Å²) in [5.74, 6) is -3.88. The smallest absolute Gasteiger partial charge is 0.338 e. The second-order valence-corrected chi connectivity index (χ2v) is 12.9. The molecule has 0 amide bonds. The molecule has 2 saturated carbocycles. The van der Waals surface area contributed by atoms with Gasteiger partial charge in [-0.1, -0.05) is 32.0 Å². The highest BCUT2D eigenvalue weighted by Gasteiger charge is 2.79. The topological polar surface area (TPSA) is 189 Å². The number of rotatable bonds is 5. The van der Waals surface area contributed by atoms with Crippen LogP contribution in [0.1, 0.15) is 57.8 Å². The summed E-state index contributed by atoms with van der Waals surface area (Å²) >= 11 is 0. The Hall–Kier alpha value is -2.87. The van der Waals surface area contributed by atoms with Gasteiger partial charge in [-0.3, -0.25) is 9.59 Å². The summed E-state index contributed by atoms with van der Waals surface area (Å²) in [5.41, 5.74) is -6.88. The first-order valence-electron chi connectivity index (χ1n) is 14.4. The average Bonchev–Trinajstić information content (AvgIpc) is 2.93. The quantitative estimate of drug-likeness (QED) is 0.177. The minimum atomic E-state index is -2.18. The lowest BCUT2D eigenvalue weighted by Crippen LogP contribution is -2.83. The lowest BCUT2D eigenvalue weighted by Gasteiger charge is -2.69. The summed E-state index contributed by atoms with van der Waals surface area (Å²) in [5, 5.41) is 59.9. The number of ether oxygens (including phenoxy) is 4. The molecule has 5 N–H and O–H groups in total. The predicted molar refractivity (Wildman–Crippen MR) is 147 cm³/mol. The Balaban J connectivity index is 1.85. The van der Waals surface area contributed by atoms with Gasteiger partial charge in [-0.2, -0.15) is 0 Å². The van der Waals surface area contributed by atoms with Gasteiger partial charge in [0.2, 0.25) is 0 Å². The Morgan fingerprint density at radius 1 is 1.02 bits per heavy atom. The maximum Gasteiger partial charge on any atom is 0.338 e. The van der Waals surface area contributed by atoms with E-state index in [2.05, 4.69) is 0 Å². The fourth-order valence-electron chi connectivity index (χ4n) is 8.18. The monoisotopic (exact) mass is 604 g/mol. The number of carbonyl (C=O) groups is 3. The second kappa shape index (κ2) is 10.6. The molecular formula is C31H40O12. The van der Waals surface area contributed by atoms with E-state index < -0.39 is 89.1 Å². The number of hydrogen-bond acceptors (Lipinski definition) is 12. The number of aliphatic hydroxyl groups is 5. The zero-order chi connectivity index (χ0) is 31.7. The Morgan fingerprint density at radius 2 is 1.67 bits per heavy atom. The molecule has 2 bridgehead atoms. The largest absolute Gasteiger partial charge is 0.465 e. The van der Waals surface area contributed by atoms with E-state index in [0.29, 0.717) is 5.57 Å². The fourth-order valence-corrected chi connectivity index (χ4v) is 8.18. The molecule has 3 aliphatic carbocycles. The van der Waals surface area contributed by atoms with E-state index >= 15 is 0 Å². The van der Waals surface area contributed by atoms with E-state index in [0.717, 1.165) is 13.8 Å². The molecule has 3 fully saturated rings. The predicted octanol–water partition coefficient (Wildman–Crippen LogP) is 0.417. The molecule has 12 heteroatoms. The highest BCUT2D eigenvalue weighted by Crippen LogP contribution is 2.65. The van der Waals surface area contributed by atoms with Gasteiger partial charge < -0.3 is 44.5 Å². The van der Waals surface area contributed by atoms with Crippen molar-refractivity contribution < 1.29 is 58.9 Å². The third-order valence-electron chi connectivity index (χ3n) is 10.4. The van der Waals surface area contributed by atoms with E-state index in [9.17, 15) is 39.9 Å². The van der Waals surface area contributed by atoms with Crippen LogP contribution in [0.5, 0.6) is 0 Å². The maximum atomic E-state index is 13.8. The molecule has 1 aromatic carbocycles. The Morgan fingerprint density at radius 3 is 2.23 bits per heavy atom. The lowest BCUT2D eigenvalue weighted by atomic mass is 9.44. The normalized spacial score (nSPS) is 41.4. The van der Waals surface area contributed by atoms with E-state index in [-0.39, 0.29) is 30.6 Å². The first-order chi connectivity index (χ1) is 20.0. The van der Waals surface area contributed by atoms with Gasteiger partial charge in [0.25, 0.3) is 0 Å². The van der Waals surface area contributed by atoms with Crippen molar-refractivity contribution >= 4 is 17.9 Å². The van der Waals surface area contributed by atoms with Crippen LogP contribution in [-0.2, 0) is 28.5 Å². The van der Waals surface area contributed by atoms with Crippen molar-refractivity contribution in [1.82, 2.24) is 0 Å². The van der Waals surface area contributed by atoms with Crippen molar-refractivity contribution in [2.75, 3.05) is 13.2 Å². The van der Waals surface area contributed by atoms with Crippen molar-refractivity contribution in [2.24, 2.45) is 16.7 Å². The maximum absolute atomic E-state index is 13.8. The summed E-state index contributed by atoms with van der Waals surface area (Å²) in [4.78, 5) is 38.6. The van der Waals surface area contributed by atoms with Gasteiger partial charge in [-0.15, -0.1) is 0 Å². The summed E-state index contributed by atoms with van der Waals surface area (Å²) in [6.45, 7) is 6.10. The molecule has 4 aliphatic rings. The number of benzene rings is 1. The van der Waals surface area contributed by atoms with Crippen molar-refractivity contribution in [2.45, 2.75) is 95.3 Å². The van der Waals surface area contributed by atoms with Crippen molar-refractivity contribution in [1.29, 1.82) is 0 Å². The first kappa shape index (κ1) is 31.6. The van der Waals surface area contributed by atoms with Crippen molar-refractivity contribution in [3.8, 4) is 0 Å². The molecule has 5 rings (SSSR count). The van der Waals surface area contributed by atoms with E-state index in [1.165, 1.54) is 12.1 Å². The Labute approximate surface area is 249 Å². The van der Waals surface area contributed by atoms with E-state index in [1.54, 1.807) is 39.0 Å².